The first-order valence-corrected chi connectivity index (χ1v) is 11.0. The van der Waals surface area contributed by atoms with Gasteiger partial charge in [0.2, 0.25) is 0 Å². The van der Waals surface area contributed by atoms with Crippen LogP contribution in [0.25, 0.3) is 0 Å². The van der Waals surface area contributed by atoms with E-state index in [4.69, 9.17) is 9.31 Å². The normalized spacial score (nSPS) is 18.5. The Balaban J connectivity index is 1.99. The van der Waals surface area contributed by atoms with Gasteiger partial charge in [0.15, 0.2) is 0 Å². The molecule has 4 heteroatoms. The van der Waals surface area contributed by atoms with Gasteiger partial charge in [-0.3, -0.25) is 0 Å². The smallest absolute Gasteiger partial charge is 0.399 e. The molecule has 162 valence electrons. The van der Waals surface area contributed by atoms with Gasteiger partial charge >= 0.3 is 7.12 Å². The lowest BCUT2D eigenvalue weighted by atomic mass is 9.75. The molecular weight excluding hydrogens is 369 g/mol. The number of benzene rings is 2. The maximum Gasteiger partial charge on any atom is 0.496 e. The summed E-state index contributed by atoms with van der Waals surface area (Å²) in [7, 11) is -0.402. The van der Waals surface area contributed by atoms with Crippen molar-refractivity contribution in [3.63, 3.8) is 0 Å². The second-order valence-corrected chi connectivity index (χ2v) is 11.6. The van der Waals surface area contributed by atoms with Gasteiger partial charge < -0.3 is 14.6 Å². The summed E-state index contributed by atoms with van der Waals surface area (Å²) in [6, 6.07) is 15.3. The molecule has 2 aromatic rings. The quantitative estimate of drug-likeness (QED) is 0.604. The SMILES string of the molecule is CC(C)(C)c1ccc(Nc2cc(C(C)(C)C)ccc2B2OC(C)(C)C(C)(C)O2)cc1. The molecule has 3 rings (SSSR count). The summed E-state index contributed by atoms with van der Waals surface area (Å²) in [6.07, 6.45) is 0. The Morgan fingerprint density at radius 1 is 0.700 bits per heavy atom. The highest BCUT2D eigenvalue weighted by molar-refractivity contribution is 6.64. The lowest BCUT2D eigenvalue weighted by Gasteiger charge is -2.32. The predicted molar refractivity (Wildman–Crippen MR) is 129 cm³/mol. The lowest BCUT2D eigenvalue weighted by molar-refractivity contribution is 0.00578. The highest BCUT2D eigenvalue weighted by Gasteiger charge is 2.52. The van der Waals surface area contributed by atoms with E-state index < -0.39 is 7.12 Å². The summed E-state index contributed by atoms with van der Waals surface area (Å²) >= 11 is 0. The number of hydrogen-bond donors (Lipinski definition) is 1. The van der Waals surface area contributed by atoms with Crippen molar-refractivity contribution in [2.24, 2.45) is 0 Å². The van der Waals surface area contributed by atoms with Crippen molar-refractivity contribution < 1.29 is 9.31 Å². The monoisotopic (exact) mass is 407 g/mol. The highest BCUT2D eigenvalue weighted by Crippen LogP contribution is 2.37. The molecule has 0 atom stereocenters. The first-order chi connectivity index (χ1) is 13.6. The van der Waals surface area contributed by atoms with Gasteiger partial charge in [-0.25, -0.2) is 0 Å². The summed E-state index contributed by atoms with van der Waals surface area (Å²) in [5, 5.41) is 3.64. The van der Waals surface area contributed by atoms with Crippen molar-refractivity contribution in [3.8, 4) is 0 Å². The fraction of sp³-hybridized carbons (Fsp3) is 0.538. The first kappa shape index (κ1) is 22.9. The van der Waals surface area contributed by atoms with Crippen molar-refractivity contribution in [2.75, 3.05) is 5.32 Å². The molecule has 0 aliphatic carbocycles. The molecular formula is C26H38BNO2. The lowest BCUT2D eigenvalue weighted by Crippen LogP contribution is -2.41. The summed E-state index contributed by atoms with van der Waals surface area (Å²) in [6.45, 7) is 21.8. The Bertz CT molecular complexity index is 886. The summed E-state index contributed by atoms with van der Waals surface area (Å²) < 4.78 is 12.7. The second-order valence-electron chi connectivity index (χ2n) is 11.6. The molecule has 1 aliphatic heterocycles. The summed E-state index contributed by atoms with van der Waals surface area (Å²) in [5.74, 6) is 0. The minimum Gasteiger partial charge on any atom is -0.399 e. The molecule has 1 N–H and O–H groups in total. The van der Waals surface area contributed by atoms with E-state index >= 15 is 0 Å². The molecule has 0 amide bonds. The van der Waals surface area contributed by atoms with Crippen molar-refractivity contribution >= 4 is 24.0 Å². The molecule has 1 saturated heterocycles. The topological polar surface area (TPSA) is 30.5 Å². The van der Waals surface area contributed by atoms with Gasteiger partial charge in [-0.05, 0) is 67.9 Å². The standard InChI is InChI=1S/C26H38BNO2/c1-23(2,3)18-11-14-20(15-12-18)28-22-17-19(24(4,5)6)13-16-21(22)27-29-25(7,8)26(9,10)30-27/h11-17,28H,1-10H3. The Morgan fingerprint density at radius 3 is 1.63 bits per heavy atom. The van der Waals surface area contributed by atoms with E-state index in [-0.39, 0.29) is 22.0 Å². The molecule has 0 radical (unpaired) electrons. The van der Waals surface area contributed by atoms with Crippen LogP contribution in [0.2, 0.25) is 0 Å². The minimum absolute atomic E-state index is 0.0565. The minimum atomic E-state index is -0.402. The van der Waals surface area contributed by atoms with Crippen molar-refractivity contribution in [1.82, 2.24) is 0 Å². The van der Waals surface area contributed by atoms with Gasteiger partial charge in [-0.15, -0.1) is 0 Å². The molecule has 0 unspecified atom stereocenters. The third-order valence-corrected chi connectivity index (χ3v) is 6.46. The van der Waals surface area contributed by atoms with Crippen LogP contribution in [0.1, 0.15) is 80.4 Å². The zero-order valence-corrected chi connectivity index (χ0v) is 20.4. The third-order valence-electron chi connectivity index (χ3n) is 6.46. The molecule has 30 heavy (non-hydrogen) atoms. The number of hydrogen-bond acceptors (Lipinski definition) is 3. The molecule has 0 bridgehead atoms. The number of rotatable bonds is 3. The zero-order valence-electron chi connectivity index (χ0n) is 20.4. The zero-order chi connectivity index (χ0) is 22.5. The van der Waals surface area contributed by atoms with Crippen molar-refractivity contribution in [1.29, 1.82) is 0 Å². The molecule has 2 aromatic carbocycles. The molecule has 1 aliphatic rings. The Morgan fingerprint density at radius 2 is 1.17 bits per heavy atom. The second kappa shape index (κ2) is 7.42. The van der Waals surface area contributed by atoms with Crippen LogP contribution < -0.4 is 10.8 Å². The highest BCUT2D eigenvalue weighted by atomic mass is 16.7. The van der Waals surface area contributed by atoms with Crippen LogP contribution >= 0.6 is 0 Å². The van der Waals surface area contributed by atoms with Gasteiger partial charge in [-0.2, -0.15) is 0 Å². The molecule has 0 saturated carbocycles. The largest absolute Gasteiger partial charge is 0.496 e. The maximum absolute atomic E-state index is 6.36. The van der Waals surface area contributed by atoms with E-state index in [2.05, 4.69) is 117 Å². The summed E-state index contributed by atoms with van der Waals surface area (Å²) in [4.78, 5) is 0. The van der Waals surface area contributed by atoms with Crippen LogP contribution in [-0.2, 0) is 20.1 Å². The van der Waals surface area contributed by atoms with Gasteiger partial charge in [0.1, 0.15) is 0 Å². The van der Waals surface area contributed by atoms with Crippen LogP contribution in [-0.4, -0.2) is 18.3 Å². The van der Waals surface area contributed by atoms with E-state index in [0.717, 1.165) is 16.8 Å². The van der Waals surface area contributed by atoms with Crippen LogP contribution in [0.5, 0.6) is 0 Å². The van der Waals surface area contributed by atoms with E-state index in [9.17, 15) is 0 Å². The number of anilines is 2. The Kier molecular flexibility index (Phi) is 5.67. The average Bonchev–Trinajstić information content (AvgIpc) is 2.81. The molecule has 1 fully saturated rings. The Hall–Kier alpha value is -1.78. The summed E-state index contributed by atoms with van der Waals surface area (Å²) in [5.41, 5.74) is 5.18. The average molecular weight is 407 g/mol. The molecule has 0 spiro atoms. The third kappa shape index (κ3) is 4.60. The predicted octanol–water partition coefficient (Wildman–Crippen LogP) is 6.32. The fourth-order valence-corrected chi connectivity index (χ4v) is 3.52. The van der Waals surface area contributed by atoms with Gasteiger partial charge in [0.25, 0.3) is 0 Å². The van der Waals surface area contributed by atoms with Crippen molar-refractivity contribution in [3.05, 3.63) is 53.6 Å². The molecule has 1 heterocycles. The van der Waals surface area contributed by atoms with Crippen LogP contribution in [0, 0.1) is 0 Å². The fourth-order valence-electron chi connectivity index (χ4n) is 3.52. The number of nitrogens with one attached hydrogen (secondary N) is 1. The van der Waals surface area contributed by atoms with Crippen LogP contribution in [0.15, 0.2) is 42.5 Å². The molecule has 3 nitrogen and oxygen atoms in total. The molecule has 0 aromatic heterocycles. The van der Waals surface area contributed by atoms with Gasteiger partial charge in [-0.1, -0.05) is 65.8 Å². The van der Waals surface area contributed by atoms with Crippen LogP contribution in [0.3, 0.4) is 0 Å². The van der Waals surface area contributed by atoms with E-state index in [0.29, 0.717) is 0 Å². The van der Waals surface area contributed by atoms with Crippen molar-refractivity contribution in [2.45, 2.75) is 91.3 Å². The van der Waals surface area contributed by atoms with E-state index in [1.54, 1.807) is 0 Å². The van der Waals surface area contributed by atoms with Crippen LogP contribution in [0.4, 0.5) is 11.4 Å². The van der Waals surface area contributed by atoms with Gasteiger partial charge in [0, 0.05) is 16.8 Å². The van der Waals surface area contributed by atoms with Gasteiger partial charge in [0.05, 0.1) is 11.2 Å². The maximum atomic E-state index is 6.36. The van der Waals surface area contributed by atoms with E-state index in [1.165, 1.54) is 11.1 Å². The first-order valence-electron chi connectivity index (χ1n) is 11.0. The van der Waals surface area contributed by atoms with E-state index in [1.807, 2.05) is 0 Å². The Labute approximate surface area is 183 Å².